The minimum atomic E-state index is -1.40. The first-order chi connectivity index (χ1) is 21.9. The number of ether oxygens (including phenoxy) is 2. The van der Waals surface area contributed by atoms with Gasteiger partial charge in [0.05, 0.1) is 35.8 Å². The van der Waals surface area contributed by atoms with Gasteiger partial charge in [0, 0.05) is 62.4 Å². The predicted octanol–water partition coefficient (Wildman–Crippen LogP) is 3.65. The summed E-state index contributed by atoms with van der Waals surface area (Å²) in [6.07, 6.45) is 3.45. The van der Waals surface area contributed by atoms with E-state index in [1.165, 1.54) is 19.4 Å². The average Bonchev–Trinajstić information content (AvgIpc) is 3.66. The number of rotatable bonds is 6. The van der Waals surface area contributed by atoms with E-state index < -0.39 is 51.6 Å². The number of nitrogens with one attached hydrogen (secondary N) is 1. The van der Waals surface area contributed by atoms with E-state index in [4.69, 9.17) is 15.2 Å². The van der Waals surface area contributed by atoms with E-state index in [1.807, 2.05) is 18.7 Å². The van der Waals surface area contributed by atoms with Gasteiger partial charge in [0.1, 0.15) is 28.8 Å². The second-order valence-electron chi connectivity index (χ2n) is 12.1. The minimum absolute atomic E-state index is 0.0375. The van der Waals surface area contributed by atoms with Crippen molar-refractivity contribution in [1.82, 2.24) is 9.97 Å². The molecule has 0 bridgehead atoms. The van der Waals surface area contributed by atoms with Crippen LogP contribution in [0.4, 0.5) is 20.2 Å². The molecule has 2 aromatic heterocycles. The fraction of sp³-hybridized carbons (Fsp3) is 0.394. The zero-order chi connectivity index (χ0) is 33.0. The average molecular weight is 636 g/mol. The summed E-state index contributed by atoms with van der Waals surface area (Å²) in [5.74, 6) is -3.72. The highest BCUT2D eigenvalue weighted by molar-refractivity contribution is 6.05. The van der Waals surface area contributed by atoms with E-state index >= 15 is 8.78 Å². The number of aliphatic hydroxyl groups is 1. The summed E-state index contributed by atoms with van der Waals surface area (Å²) < 4.78 is 40.7. The first-order valence-corrected chi connectivity index (χ1v) is 15.0. The number of esters is 1. The molecule has 11 nitrogen and oxygen atoms in total. The number of phenols is 1. The van der Waals surface area contributed by atoms with Crippen LogP contribution in [-0.4, -0.2) is 71.5 Å². The fourth-order valence-electron chi connectivity index (χ4n) is 7.22. The summed E-state index contributed by atoms with van der Waals surface area (Å²) in [6, 6.07) is 5.65. The summed E-state index contributed by atoms with van der Waals surface area (Å²) in [6.45, 7) is 5.35. The maximum atomic E-state index is 15.4. The number of methoxy groups -OCH3 is 1. The second kappa shape index (κ2) is 11.7. The molecule has 2 fully saturated rings. The van der Waals surface area contributed by atoms with Crippen LogP contribution in [0.2, 0.25) is 0 Å². The van der Waals surface area contributed by atoms with Gasteiger partial charge in [0.15, 0.2) is 0 Å². The molecule has 46 heavy (non-hydrogen) atoms. The van der Waals surface area contributed by atoms with Gasteiger partial charge < -0.3 is 35.6 Å². The third-order valence-corrected chi connectivity index (χ3v) is 9.64. The molecular formula is C33H35F2N5O6. The van der Waals surface area contributed by atoms with Crippen molar-refractivity contribution >= 4 is 23.3 Å². The topological polar surface area (TPSA) is 160 Å². The van der Waals surface area contributed by atoms with Crippen LogP contribution < -0.4 is 16.0 Å². The van der Waals surface area contributed by atoms with Crippen LogP contribution in [0.25, 0.3) is 11.3 Å². The van der Waals surface area contributed by atoms with Crippen LogP contribution in [0, 0.1) is 23.0 Å². The number of aromatic nitrogens is 2. The number of amides is 1. The minimum Gasteiger partial charge on any atom is -0.507 e. The molecule has 1 spiro atoms. The molecule has 5 N–H and O–H groups in total. The molecule has 1 amide bonds. The number of pyridine rings is 2. The fourth-order valence-corrected chi connectivity index (χ4v) is 7.22. The number of phenolic OH excluding ortho intramolecular Hbond substituents is 1. The van der Waals surface area contributed by atoms with Crippen molar-refractivity contribution in [2.45, 2.75) is 38.3 Å². The Balaban J connectivity index is 1.24. The molecular weight excluding hydrogens is 600 g/mol. The van der Waals surface area contributed by atoms with Gasteiger partial charge in [0.2, 0.25) is 0 Å². The molecule has 4 heterocycles. The number of hydrogen-bond donors (Lipinski definition) is 4. The summed E-state index contributed by atoms with van der Waals surface area (Å²) in [5, 5.41) is 24.5. The quantitative estimate of drug-likeness (QED) is 0.295. The molecule has 2 aliphatic heterocycles. The lowest BCUT2D eigenvalue weighted by Crippen LogP contribution is -2.56. The number of halogens is 2. The number of hydrogen-bond acceptors (Lipinski definition) is 10. The lowest BCUT2D eigenvalue weighted by atomic mass is 9.74. The predicted molar refractivity (Wildman–Crippen MR) is 164 cm³/mol. The van der Waals surface area contributed by atoms with Crippen LogP contribution in [0.15, 0.2) is 53.9 Å². The normalized spacial score (nSPS) is 23.8. The Morgan fingerprint density at radius 2 is 1.89 bits per heavy atom. The Labute approximate surface area is 264 Å². The van der Waals surface area contributed by atoms with Crippen molar-refractivity contribution in [2.24, 2.45) is 17.1 Å². The zero-order valence-electron chi connectivity index (χ0n) is 25.6. The number of nitrogens with zero attached hydrogens (tertiary/aromatic N) is 3. The van der Waals surface area contributed by atoms with Gasteiger partial charge in [-0.15, -0.1) is 0 Å². The van der Waals surface area contributed by atoms with Gasteiger partial charge in [-0.2, -0.15) is 0 Å². The molecule has 1 aromatic carbocycles. The maximum absolute atomic E-state index is 15.4. The van der Waals surface area contributed by atoms with Crippen molar-refractivity contribution in [2.75, 3.05) is 43.6 Å². The van der Waals surface area contributed by atoms with Gasteiger partial charge in [-0.1, -0.05) is 6.92 Å². The van der Waals surface area contributed by atoms with E-state index in [1.54, 1.807) is 12.3 Å². The van der Waals surface area contributed by atoms with Gasteiger partial charge in [-0.05, 0) is 54.3 Å². The van der Waals surface area contributed by atoms with Crippen LogP contribution >= 0.6 is 0 Å². The lowest BCUT2D eigenvalue weighted by molar-refractivity contribution is -0.136. The molecule has 2 saturated heterocycles. The van der Waals surface area contributed by atoms with E-state index in [0.29, 0.717) is 30.0 Å². The standard InChI is InChI=1S/C33H35F2N5O6/c1-17-15-40(16-26(36)33(17)18(2)28(33)31(43)45-3)24-6-9-37-14-23(24)39-30(42)22-5-4-20(34)29(38-22)27-21(35)12-19(13-25(27)41)32(44)7-10-46-11-8-32/h4-6,9,12-14,17,26,41,44H,7-8,10-11,15-16,36H2,1-3H3,(H,39,42)/t17-,26+,33-/m0/s1. The Bertz CT molecular complexity index is 1720. The number of benzene rings is 1. The molecule has 0 radical (unpaired) electrons. The van der Waals surface area contributed by atoms with Crippen molar-refractivity contribution in [3.05, 3.63) is 76.8 Å². The number of piperidine rings is 1. The van der Waals surface area contributed by atoms with Crippen LogP contribution in [0.5, 0.6) is 5.75 Å². The van der Waals surface area contributed by atoms with Crippen LogP contribution in [-0.2, 0) is 19.9 Å². The molecule has 0 unspecified atom stereocenters. The van der Waals surface area contributed by atoms with E-state index in [9.17, 15) is 19.8 Å². The summed E-state index contributed by atoms with van der Waals surface area (Å²) in [7, 11) is 1.35. The Morgan fingerprint density at radius 3 is 2.57 bits per heavy atom. The van der Waals surface area contributed by atoms with Gasteiger partial charge in [0.25, 0.3) is 5.91 Å². The van der Waals surface area contributed by atoms with Crippen LogP contribution in [0.3, 0.4) is 0 Å². The number of anilines is 2. The van der Waals surface area contributed by atoms with Crippen LogP contribution in [0.1, 0.15) is 42.7 Å². The van der Waals surface area contributed by atoms with Gasteiger partial charge in [-0.3, -0.25) is 9.78 Å². The SMILES string of the molecule is COC(=O)C1=C(C)[C@@]12[C@H](N)CN(c1ccncc1NC(=O)c1ccc(F)c(-c3c(O)cc(C4(O)CCOCC4)cc3F)n1)C[C@@H]2C. The lowest BCUT2D eigenvalue weighted by Gasteiger charge is -2.45. The number of carbonyl (C=O) groups excluding carboxylic acids is 2. The highest BCUT2D eigenvalue weighted by atomic mass is 19.1. The zero-order valence-corrected chi connectivity index (χ0v) is 25.6. The molecule has 3 atom stereocenters. The Kier molecular flexibility index (Phi) is 8.03. The molecule has 1 aliphatic carbocycles. The summed E-state index contributed by atoms with van der Waals surface area (Å²) in [5.41, 5.74) is 6.04. The van der Waals surface area contributed by atoms with E-state index in [2.05, 4.69) is 15.3 Å². The number of aromatic hydroxyl groups is 1. The third-order valence-electron chi connectivity index (χ3n) is 9.64. The summed E-state index contributed by atoms with van der Waals surface area (Å²) >= 11 is 0. The third kappa shape index (κ3) is 5.08. The first kappa shape index (κ1) is 31.5. The first-order valence-electron chi connectivity index (χ1n) is 15.0. The molecule has 6 rings (SSSR count). The molecule has 0 saturated carbocycles. The smallest absolute Gasteiger partial charge is 0.334 e. The molecule has 13 heteroatoms. The Morgan fingerprint density at radius 1 is 1.15 bits per heavy atom. The molecule has 242 valence electrons. The van der Waals surface area contributed by atoms with E-state index in [-0.39, 0.29) is 49.2 Å². The number of nitrogens with two attached hydrogens (primary N) is 1. The number of carbonyl (C=O) groups is 2. The molecule has 3 aromatic rings. The maximum Gasteiger partial charge on any atom is 0.334 e. The summed E-state index contributed by atoms with van der Waals surface area (Å²) in [4.78, 5) is 36.1. The van der Waals surface area contributed by atoms with E-state index in [0.717, 1.165) is 23.8 Å². The second-order valence-corrected chi connectivity index (χ2v) is 12.1. The monoisotopic (exact) mass is 635 g/mol. The van der Waals surface area contributed by atoms with Gasteiger partial charge >= 0.3 is 5.97 Å². The Hall–Kier alpha value is -4.46. The highest BCUT2D eigenvalue weighted by Gasteiger charge is 2.63. The van der Waals surface area contributed by atoms with Crippen molar-refractivity contribution in [3.8, 4) is 17.0 Å². The highest BCUT2D eigenvalue weighted by Crippen LogP contribution is 2.61. The van der Waals surface area contributed by atoms with Gasteiger partial charge in [-0.25, -0.2) is 18.6 Å². The van der Waals surface area contributed by atoms with Crippen molar-refractivity contribution in [3.63, 3.8) is 0 Å². The largest absolute Gasteiger partial charge is 0.507 e. The van der Waals surface area contributed by atoms with Crippen molar-refractivity contribution < 1.29 is 38.1 Å². The van der Waals surface area contributed by atoms with Crippen molar-refractivity contribution in [1.29, 1.82) is 0 Å². The molecule has 3 aliphatic rings.